The molecule has 0 radical (unpaired) electrons. The number of pyridine rings is 1. The Morgan fingerprint density at radius 1 is 0.696 bits per heavy atom. The highest BCUT2D eigenvalue weighted by atomic mass is 14.7. The predicted molar refractivity (Wildman–Crippen MR) is 96.3 cm³/mol. The van der Waals surface area contributed by atoms with Gasteiger partial charge < -0.3 is 0 Å². The standard InChI is InChI=1S/C22H21N/c1-2-9-18(10-3-1)22-14-13-21(16-23-22)20-12-6-11-19(15-20)17-7-4-5-8-17/h1-3,6,9-17H,4-5,7-8H2. The van der Waals surface area contributed by atoms with Gasteiger partial charge in [0, 0.05) is 17.3 Å². The van der Waals surface area contributed by atoms with E-state index in [-0.39, 0.29) is 0 Å². The van der Waals surface area contributed by atoms with Gasteiger partial charge in [-0.2, -0.15) is 0 Å². The van der Waals surface area contributed by atoms with Crippen molar-refractivity contribution in [3.8, 4) is 22.4 Å². The van der Waals surface area contributed by atoms with E-state index in [4.69, 9.17) is 0 Å². The Hall–Kier alpha value is -2.41. The summed E-state index contributed by atoms with van der Waals surface area (Å²) in [5.41, 5.74) is 6.17. The molecule has 1 heterocycles. The van der Waals surface area contributed by atoms with Crippen LogP contribution in [0.15, 0.2) is 72.9 Å². The minimum absolute atomic E-state index is 0.756. The fourth-order valence-corrected chi connectivity index (χ4v) is 3.58. The van der Waals surface area contributed by atoms with Gasteiger partial charge in [0.15, 0.2) is 0 Å². The van der Waals surface area contributed by atoms with E-state index >= 15 is 0 Å². The number of hydrogen-bond acceptors (Lipinski definition) is 1. The lowest BCUT2D eigenvalue weighted by Crippen LogP contribution is -1.92. The molecule has 0 aliphatic heterocycles. The van der Waals surface area contributed by atoms with E-state index in [0.29, 0.717) is 0 Å². The van der Waals surface area contributed by atoms with Gasteiger partial charge in [-0.05, 0) is 36.0 Å². The molecule has 0 bridgehead atoms. The van der Waals surface area contributed by atoms with E-state index < -0.39 is 0 Å². The smallest absolute Gasteiger partial charge is 0.0702 e. The van der Waals surface area contributed by atoms with Crippen LogP contribution in [0.25, 0.3) is 22.4 Å². The van der Waals surface area contributed by atoms with Crippen LogP contribution in [0.2, 0.25) is 0 Å². The van der Waals surface area contributed by atoms with Crippen LogP contribution >= 0.6 is 0 Å². The molecule has 0 spiro atoms. The number of nitrogens with zero attached hydrogens (tertiary/aromatic N) is 1. The second kappa shape index (κ2) is 6.37. The molecule has 1 fully saturated rings. The van der Waals surface area contributed by atoms with Gasteiger partial charge in [-0.15, -0.1) is 0 Å². The largest absolute Gasteiger partial charge is 0.256 e. The summed E-state index contributed by atoms with van der Waals surface area (Å²) in [7, 11) is 0. The lowest BCUT2D eigenvalue weighted by molar-refractivity contribution is 0.723. The lowest BCUT2D eigenvalue weighted by atomic mass is 9.94. The molecule has 4 rings (SSSR count). The highest BCUT2D eigenvalue weighted by molar-refractivity contribution is 5.67. The minimum atomic E-state index is 0.756. The van der Waals surface area contributed by atoms with Gasteiger partial charge in [0.1, 0.15) is 0 Å². The van der Waals surface area contributed by atoms with Gasteiger partial charge >= 0.3 is 0 Å². The predicted octanol–water partition coefficient (Wildman–Crippen LogP) is 6.07. The van der Waals surface area contributed by atoms with Crippen molar-refractivity contribution in [3.63, 3.8) is 0 Å². The summed E-state index contributed by atoms with van der Waals surface area (Å²) >= 11 is 0. The summed E-state index contributed by atoms with van der Waals surface area (Å²) in [6, 6.07) is 23.7. The van der Waals surface area contributed by atoms with E-state index in [0.717, 1.165) is 11.6 Å². The molecular formula is C22H21N. The van der Waals surface area contributed by atoms with Crippen molar-refractivity contribution in [3.05, 3.63) is 78.5 Å². The van der Waals surface area contributed by atoms with E-state index in [9.17, 15) is 0 Å². The second-order valence-corrected chi connectivity index (χ2v) is 6.40. The average Bonchev–Trinajstić information content (AvgIpc) is 3.18. The number of benzene rings is 2. The Morgan fingerprint density at radius 2 is 1.48 bits per heavy atom. The number of aromatic nitrogens is 1. The van der Waals surface area contributed by atoms with Gasteiger partial charge in [0.25, 0.3) is 0 Å². The molecule has 3 aromatic rings. The van der Waals surface area contributed by atoms with Crippen molar-refractivity contribution in [2.24, 2.45) is 0 Å². The molecule has 0 atom stereocenters. The summed E-state index contributed by atoms with van der Waals surface area (Å²) in [5, 5.41) is 0. The molecule has 1 aliphatic rings. The summed E-state index contributed by atoms with van der Waals surface area (Å²) in [6.07, 6.45) is 7.43. The first-order chi connectivity index (χ1) is 11.4. The Labute approximate surface area is 138 Å². The molecule has 1 aliphatic carbocycles. The van der Waals surface area contributed by atoms with Crippen molar-refractivity contribution in [2.45, 2.75) is 31.6 Å². The third-order valence-corrected chi connectivity index (χ3v) is 4.88. The van der Waals surface area contributed by atoms with Crippen LogP contribution in [0.5, 0.6) is 0 Å². The van der Waals surface area contributed by atoms with Crippen molar-refractivity contribution < 1.29 is 0 Å². The topological polar surface area (TPSA) is 12.9 Å². The number of rotatable bonds is 3. The molecule has 0 unspecified atom stereocenters. The zero-order chi connectivity index (χ0) is 15.5. The van der Waals surface area contributed by atoms with E-state index in [2.05, 4.69) is 65.6 Å². The Kier molecular flexibility index (Phi) is 3.94. The van der Waals surface area contributed by atoms with Crippen molar-refractivity contribution in [1.29, 1.82) is 0 Å². The van der Waals surface area contributed by atoms with Crippen molar-refractivity contribution in [2.75, 3.05) is 0 Å². The zero-order valence-corrected chi connectivity index (χ0v) is 13.3. The highest BCUT2D eigenvalue weighted by Crippen LogP contribution is 2.35. The first-order valence-corrected chi connectivity index (χ1v) is 8.52. The van der Waals surface area contributed by atoms with Crippen LogP contribution in [-0.2, 0) is 0 Å². The molecule has 2 aromatic carbocycles. The van der Waals surface area contributed by atoms with Gasteiger partial charge in [-0.3, -0.25) is 4.98 Å². The quantitative estimate of drug-likeness (QED) is 0.571. The molecule has 0 saturated heterocycles. The van der Waals surface area contributed by atoms with E-state index in [1.165, 1.54) is 47.9 Å². The Morgan fingerprint density at radius 3 is 2.22 bits per heavy atom. The van der Waals surface area contributed by atoms with Crippen LogP contribution in [0.4, 0.5) is 0 Å². The van der Waals surface area contributed by atoms with Crippen LogP contribution in [0.1, 0.15) is 37.2 Å². The van der Waals surface area contributed by atoms with Gasteiger partial charge in [0.05, 0.1) is 5.69 Å². The molecule has 114 valence electrons. The lowest BCUT2D eigenvalue weighted by Gasteiger charge is -2.11. The van der Waals surface area contributed by atoms with Crippen molar-refractivity contribution >= 4 is 0 Å². The summed E-state index contributed by atoms with van der Waals surface area (Å²) in [6.45, 7) is 0. The van der Waals surface area contributed by atoms with Gasteiger partial charge in [0.2, 0.25) is 0 Å². The monoisotopic (exact) mass is 299 g/mol. The SMILES string of the molecule is c1ccc(-c2ccc(-c3cccc(C4CCCC4)c3)cn2)cc1. The van der Waals surface area contributed by atoms with Crippen molar-refractivity contribution in [1.82, 2.24) is 4.98 Å². The first kappa shape index (κ1) is 14.2. The van der Waals surface area contributed by atoms with Crippen LogP contribution < -0.4 is 0 Å². The maximum atomic E-state index is 4.65. The first-order valence-electron chi connectivity index (χ1n) is 8.52. The minimum Gasteiger partial charge on any atom is -0.256 e. The van der Waals surface area contributed by atoms with E-state index in [1.54, 1.807) is 0 Å². The molecule has 1 nitrogen and oxygen atoms in total. The van der Waals surface area contributed by atoms with Crippen LogP contribution in [-0.4, -0.2) is 4.98 Å². The van der Waals surface area contributed by atoms with Gasteiger partial charge in [-0.1, -0.05) is 73.5 Å². The summed E-state index contributed by atoms with van der Waals surface area (Å²) < 4.78 is 0. The molecule has 0 N–H and O–H groups in total. The third-order valence-electron chi connectivity index (χ3n) is 4.88. The molecule has 1 saturated carbocycles. The molecule has 1 aromatic heterocycles. The Bertz CT molecular complexity index is 769. The van der Waals surface area contributed by atoms with Crippen LogP contribution in [0.3, 0.4) is 0 Å². The second-order valence-electron chi connectivity index (χ2n) is 6.40. The normalized spacial score (nSPS) is 15.0. The molecule has 1 heteroatoms. The molecule has 0 amide bonds. The molecule has 23 heavy (non-hydrogen) atoms. The maximum absolute atomic E-state index is 4.65. The zero-order valence-electron chi connectivity index (χ0n) is 13.3. The average molecular weight is 299 g/mol. The fraction of sp³-hybridized carbons (Fsp3) is 0.227. The summed E-state index contributed by atoms with van der Waals surface area (Å²) in [4.78, 5) is 4.65. The Balaban J connectivity index is 1.62. The molecular weight excluding hydrogens is 278 g/mol. The third kappa shape index (κ3) is 3.05. The maximum Gasteiger partial charge on any atom is 0.0702 e. The van der Waals surface area contributed by atoms with Crippen LogP contribution in [0, 0.1) is 0 Å². The highest BCUT2D eigenvalue weighted by Gasteiger charge is 2.17. The van der Waals surface area contributed by atoms with Gasteiger partial charge in [-0.25, -0.2) is 0 Å². The number of hydrogen-bond donors (Lipinski definition) is 0. The fourth-order valence-electron chi connectivity index (χ4n) is 3.58. The summed E-state index contributed by atoms with van der Waals surface area (Å²) in [5.74, 6) is 0.756. The van der Waals surface area contributed by atoms with E-state index in [1.807, 2.05) is 12.3 Å².